The Hall–Kier alpha value is -1.90. The molecule has 1 heterocycles. The number of benzene rings is 2. The third-order valence-corrected chi connectivity index (χ3v) is 5.40. The maximum Gasteiger partial charge on any atom is 0.246 e. The van der Waals surface area contributed by atoms with Crippen LogP contribution in [0.15, 0.2) is 41.3 Å². The number of nitrogens with one attached hydrogen (secondary N) is 2. The standard InChI is InChI=1S/C16H15F3N2O2S/c17-11-7-13(18)16(14(19)8-11)24(22,23)21-9-15-12-4-2-1-3-10(12)5-6-20-15/h1-4,7-8,15,20-21H,5-6,9H2. The fourth-order valence-corrected chi connectivity index (χ4v) is 3.99. The molecule has 1 unspecified atom stereocenters. The Balaban J connectivity index is 1.83. The molecule has 0 amide bonds. The van der Waals surface area contributed by atoms with E-state index in [2.05, 4.69) is 10.0 Å². The molecule has 4 nitrogen and oxygen atoms in total. The van der Waals surface area contributed by atoms with Gasteiger partial charge in [0.1, 0.15) is 17.5 Å². The summed E-state index contributed by atoms with van der Waals surface area (Å²) in [6.45, 7) is 0.596. The van der Waals surface area contributed by atoms with Crippen molar-refractivity contribution in [3.63, 3.8) is 0 Å². The summed E-state index contributed by atoms with van der Waals surface area (Å²) in [7, 11) is -4.45. The summed E-state index contributed by atoms with van der Waals surface area (Å²) in [5.74, 6) is -4.10. The Morgan fingerprint density at radius 3 is 2.50 bits per heavy atom. The van der Waals surface area contributed by atoms with Crippen molar-refractivity contribution in [1.29, 1.82) is 0 Å². The van der Waals surface area contributed by atoms with E-state index < -0.39 is 32.4 Å². The second-order valence-electron chi connectivity index (χ2n) is 5.51. The van der Waals surface area contributed by atoms with Gasteiger partial charge in [0.05, 0.1) is 0 Å². The van der Waals surface area contributed by atoms with Gasteiger partial charge in [-0.25, -0.2) is 26.3 Å². The summed E-state index contributed by atoms with van der Waals surface area (Å²) in [6.07, 6.45) is 0.820. The third kappa shape index (κ3) is 3.31. The normalized spacial score (nSPS) is 17.5. The highest BCUT2D eigenvalue weighted by molar-refractivity contribution is 7.89. The molecule has 2 N–H and O–H groups in total. The van der Waals surface area contributed by atoms with E-state index >= 15 is 0 Å². The zero-order valence-electron chi connectivity index (χ0n) is 12.5. The fourth-order valence-electron chi connectivity index (χ4n) is 2.83. The molecule has 0 fully saturated rings. The summed E-state index contributed by atoms with van der Waals surface area (Å²) in [6, 6.07) is 7.94. The molecule has 3 rings (SSSR count). The van der Waals surface area contributed by atoms with Gasteiger partial charge in [0, 0.05) is 24.7 Å². The molecule has 1 aliphatic rings. The van der Waals surface area contributed by atoms with Crippen LogP contribution in [-0.4, -0.2) is 21.5 Å². The second-order valence-corrected chi connectivity index (χ2v) is 7.21. The van der Waals surface area contributed by atoms with Crippen LogP contribution in [0.5, 0.6) is 0 Å². The highest BCUT2D eigenvalue weighted by atomic mass is 32.2. The lowest BCUT2D eigenvalue weighted by Gasteiger charge is -2.27. The molecule has 0 aliphatic carbocycles. The number of fused-ring (bicyclic) bond motifs is 1. The van der Waals surface area contributed by atoms with Crippen molar-refractivity contribution >= 4 is 10.0 Å². The average molecular weight is 356 g/mol. The van der Waals surface area contributed by atoms with Crippen molar-refractivity contribution < 1.29 is 21.6 Å². The first kappa shape index (κ1) is 16.9. The zero-order chi connectivity index (χ0) is 17.3. The van der Waals surface area contributed by atoms with Crippen molar-refractivity contribution in [2.75, 3.05) is 13.1 Å². The van der Waals surface area contributed by atoms with Gasteiger partial charge in [0.25, 0.3) is 0 Å². The predicted octanol–water partition coefficient (Wildman–Crippen LogP) is 2.27. The lowest BCUT2D eigenvalue weighted by atomic mass is 9.95. The molecule has 0 saturated heterocycles. The number of sulfonamides is 1. The van der Waals surface area contributed by atoms with E-state index in [-0.39, 0.29) is 12.6 Å². The summed E-state index contributed by atoms with van der Waals surface area (Å²) in [5, 5.41) is 3.16. The van der Waals surface area contributed by atoms with Crippen LogP contribution in [0.2, 0.25) is 0 Å². The van der Waals surface area contributed by atoms with Crippen LogP contribution in [0.4, 0.5) is 13.2 Å². The van der Waals surface area contributed by atoms with Crippen molar-refractivity contribution in [3.8, 4) is 0 Å². The maximum absolute atomic E-state index is 13.7. The molecule has 1 atom stereocenters. The van der Waals surface area contributed by atoms with Crippen LogP contribution >= 0.6 is 0 Å². The van der Waals surface area contributed by atoms with Crippen LogP contribution < -0.4 is 10.0 Å². The lowest BCUT2D eigenvalue weighted by Crippen LogP contribution is -2.39. The van der Waals surface area contributed by atoms with Crippen LogP contribution in [0, 0.1) is 17.5 Å². The minimum Gasteiger partial charge on any atom is -0.308 e. The van der Waals surface area contributed by atoms with Gasteiger partial charge < -0.3 is 5.32 Å². The highest BCUT2D eigenvalue weighted by Crippen LogP contribution is 2.24. The molecule has 0 spiro atoms. The second kappa shape index (κ2) is 6.54. The molecule has 0 bridgehead atoms. The Labute approximate surface area is 137 Å². The van der Waals surface area contributed by atoms with Crippen LogP contribution in [0.1, 0.15) is 17.2 Å². The number of halogens is 3. The first-order valence-electron chi connectivity index (χ1n) is 7.34. The Morgan fingerprint density at radius 1 is 1.12 bits per heavy atom. The molecule has 8 heteroatoms. The first-order chi connectivity index (χ1) is 11.4. The van der Waals surface area contributed by atoms with Crippen molar-refractivity contribution in [1.82, 2.24) is 10.0 Å². The fraction of sp³-hybridized carbons (Fsp3) is 0.250. The van der Waals surface area contributed by atoms with E-state index in [4.69, 9.17) is 0 Å². The molecule has 2 aromatic rings. The van der Waals surface area contributed by atoms with Gasteiger partial charge in [-0.3, -0.25) is 0 Å². The maximum atomic E-state index is 13.7. The molecule has 24 heavy (non-hydrogen) atoms. The van der Waals surface area contributed by atoms with Crippen molar-refractivity contribution in [2.24, 2.45) is 0 Å². The molecule has 0 saturated carbocycles. The molecule has 128 valence electrons. The lowest BCUT2D eigenvalue weighted by molar-refractivity contribution is 0.477. The minimum absolute atomic E-state index is 0.0738. The van der Waals surface area contributed by atoms with E-state index in [1.165, 1.54) is 0 Å². The van der Waals surface area contributed by atoms with Crippen molar-refractivity contribution in [3.05, 3.63) is 65.0 Å². The molecule has 0 aromatic heterocycles. The summed E-state index contributed by atoms with van der Waals surface area (Å²) in [4.78, 5) is -1.17. The van der Waals surface area contributed by atoms with Gasteiger partial charge in [-0.15, -0.1) is 0 Å². The highest BCUT2D eigenvalue weighted by Gasteiger charge is 2.27. The van der Waals surface area contributed by atoms with Gasteiger partial charge in [0.2, 0.25) is 10.0 Å². The molecule has 1 aliphatic heterocycles. The Morgan fingerprint density at radius 2 is 1.79 bits per heavy atom. The Bertz CT molecular complexity index is 848. The predicted molar refractivity (Wildman–Crippen MR) is 82.4 cm³/mol. The van der Waals surface area contributed by atoms with E-state index in [1.54, 1.807) is 0 Å². The van der Waals surface area contributed by atoms with E-state index in [0.717, 1.165) is 17.5 Å². The average Bonchev–Trinajstić information content (AvgIpc) is 2.51. The minimum atomic E-state index is -4.45. The molecule has 0 radical (unpaired) electrons. The number of hydrogen-bond donors (Lipinski definition) is 2. The van der Waals surface area contributed by atoms with Crippen LogP contribution in [0.25, 0.3) is 0 Å². The number of rotatable bonds is 4. The quantitative estimate of drug-likeness (QED) is 0.884. The van der Waals surface area contributed by atoms with Gasteiger partial charge in [-0.1, -0.05) is 24.3 Å². The van der Waals surface area contributed by atoms with Gasteiger partial charge in [0.15, 0.2) is 4.90 Å². The molecular weight excluding hydrogens is 341 g/mol. The SMILES string of the molecule is O=S(=O)(NCC1NCCc2ccccc21)c1c(F)cc(F)cc1F. The summed E-state index contributed by atoms with van der Waals surface area (Å²) < 4.78 is 66.9. The summed E-state index contributed by atoms with van der Waals surface area (Å²) in [5.41, 5.74) is 2.03. The van der Waals surface area contributed by atoms with Crippen molar-refractivity contribution in [2.45, 2.75) is 17.4 Å². The largest absolute Gasteiger partial charge is 0.308 e. The zero-order valence-corrected chi connectivity index (χ0v) is 13.3. The monoisotopic (exact) mass is 356 g/mol. The van der Waals surface area contributed by atoms with E-state index in [9.17, 15) is 21.6 Å². The smallest absolute Gasteiger partial charge is 0.246 e. The van der Waals surface area contributed by atoms with Crippen LogP contribution in [0.3, 0.4) is 0 Å². The summed E-state index contributed by atoms with van der Waals surface area (Å²) >= 11 is 0. The van der Waals surface area contributed by atoms with Gasteiger partial charge >= 0.3 is 0 Å². The first-order valence-corrected chi connectivity index (χ1v) is 8.82. The van der Waals surface area contributed by atoms with Gasteiger partial charge in [-0.05, 0) is 24.1 Å². The van der Waals surface area contributed by atoms with Gasteiger partial charge in [-0.2, -0.15) is 0 Å². The van der Waals surface area contributed by atoms with E-state index in [0.29, 0.717) is 18.7 Å². The van der Waals surface area contributed by atoms with E-state index in [1.807, 2.05) is 24.3 Å². The third-order valence-electron chi connectivity index (χ3n) is 3.92. The van der Waals surface area contributed by atoms with Crippen LogP contribution in [-0.2, 0) is 16.4 Å². The number of hydrogen-bond acceptors (Lipinski definition) is 3. The molecule has 2 aromatic carbocycles. The molecular formula is C16H15F3N2O2S. The topological polar surface area (TPSA) is 58.2 Å². The Kier molecular flexibility index (Phi) is 4.62.